The van der Waals surface area contributed by atoms with Crippen molar-refractivity contribution < 1.29 is 14.3 Å². The number of hydrogen-bond donors (Lipinski definition) is 1. The first kappa shape index (κ1) is 19.2. The Bertz CT molecular complexity index is 616. The van der Waals surface area contributed by atoms with E-state index in [0.717, 1.165) is 18.4 Å². The van der Waals surface area contributed by atoms with E-state index in [4.69, 9.17) is 9.47 Å². The van der Waals surface area contributed by atoms with Crippen molar-refractivity contribution >= 4 is 5.97 Å². The summed E-state index contributed by atoms with van der Waals surface area (Å²) in [7, 11) is 1.40. The van der Waals surface area contributed by atoms with Crippen molar-refractivity contribution in [2.24, 2.45) is 0 Å². The van der Waals surface area contributed by atoms with Gasteiger partial charge in [0.1, 0.15) is 0 Å². The molecule has 0 unspecified atom stereocenters. The number of methoxy groups -OCH3 is 1. The van der Waals surface area contributed by atoms with E-state index in [1.54, 1.807) is 0 Å². The lowest BCUT2D eigenvalue weighted by Gasteiger charge is -2.26. The summed E-state index contributed by atoms with van der Waals surface area (Å²) >= 11 is 0. The molecular weight excluding hydrogens is 314 g/mol. The maximum Gasteiger partial charge on any atom is 0.336 e. The van der Waals surface area contributed by atoms with Gasteiger partial charge in [-0.05, 0) is 17.5 Å². The molecule has 2 rings (SSSR count). The van der Waals surface area contributed by atoms with Gasteiger partial charge in [-0.3, -0.25) is 0 Å². The molecule has 0 amide bonds. The number of carbonyl (C=O) groups excluding carboxylic acids is 1. The summed E-state index contributed by atoms with van der Waals surface area (Å²) in [6, 6.07) is 19.9. The van der Waals surface area contributed by atoms with Crippen LogP contribution in [0.15, 0.2) is 60.7 Å². The smallest absolute Gasteiger partial charge is 0.336 e. The Labute approximate surface area is 150 Å². The lowest BCUT2D eigenvalue weighted by Crippen LogP contribution is -2.46. The van der Waals surface area contributed by atoms with Crippen molar-refractivity contribution in [2.45, 2.75) is 45.1 Å². The lowest BCUT2D eigenvalue weighted by molar-refractivity contribution is -0.157. The molecule has 0 saturated carbocycles. The maximum atomic E-state index is 12.3. The van der Waals surface area contributed by atoms with Gasteiger partial charge in [-0.1, -0.05) is 74.0 Å². The first-order valence-corrected chi connectivity index (χ1v) is 8.75. The third-order valence-electron chi connectivity index (χ3n) is 4.08. The molecule has 4 nitrogen and oxygen atoms in total. The van der Waals surface area contributed by atoms with Crippen LogP contribution in [0.1, 0.15) is 30.9 Å². The molecule has 0 radical (unpaired) electrons. The molecule has 0 heterocycles. The van der Waals surface area contributed by atoms with Crippen LogP contribution in [0.25, 0.3) is 0 Å². The number of carbonyl (C=O) groups is 1. The summed E-state index contributed by atoms with van der Waals surface area (Å²) in [6.45, 7) is 3.17. The molecule has 0 aromatic heterocycles. The average Bonchev–Trinajstić information content (AvgIpc) is 2.67. The fourth-order valence-electron chi connectivity index (χ4n) is 2.74. The van der Waals surface area contributed by atoms with E-state index < -0.39 is 6.10 Å². The Balaban J connectivity index is 2.03. The number of nitrogens with one attached hydrogen (secondary N) is 1. The number of hydrogen-bond acceptors (Lipinski definition) is 4. The van der Waals surface area contributed by atoms with Gasteiger partial charge in [-0.2, -0.15) is 0 Å². The molecule has 25 heavy (non-hydrogen) atoms. The zero-order valence-corrected chi connectivity index (χ0v) is 15.0. The summed E-state index contributed by atoms with van der Waals surface area (Å²) in [5.74, 6) is -0.338. The second kappa shape index (κ2) is 10.6. The quantitative estimate of drug-likeness (QED) is 0.669. The van der Waals surface area contributed by atoms with Gasteiger partial charge < -0.3 is 14.8 Å². The van der Waals surface area contributed by atoms with Crippen LogP contribution in [0.5, 0.6) is 0 Å². The molecule has 1 N–H and O–H groups in total. The summed E-state index contributed by atoms with van der Waals surface area (Å²) in [4.78, 5) is 12.3. The average molecular weight is 341 g/mol. The molecule has 2 aromatic carbocycles. The van der Waals surface area contributed by atoms with Crippen molar-refractivity contribution in [1.82, 2.24) is 5.32 Å². The zero-order valence-electron chi connectivity index (χ0n) is 15.0. The van der Waals surface area contributed by atoms with Gasteiger partial charge in [0.15, 0.2) is 6.10 Å². The Morgan fingerprint density at radius 1 is 1.00 bits per heavy atom. The van der Waals surface area contributed by atoms with E-state index >= 15 is 0 Å². The van der Waals surface area contributed by atoms with Crippen LogP contribution in [0, 0.1) is 0 Å². The second-order valence-corrected chi connectivity index (χ2v) is 6.00. The van der Waals surface area contributed by atoms with Gasteiger partial charge in [0.05, 0.1) is 13.7 Å². The van der Waals surface area contributed by atoms with Crippen molar-refractivity contribution in [3.05, 3.63) is 71.8 Å². The van der Waals surface area contributed by atoms with Crippen LogP contribution in [0.3, 0.4) is 0 Å². The molecule has 0 fully saturated rings. The molecule has 2 atom stereocenters. The third kappa shape index (κ3) is 6.33. The summed E-state index contributed by atoms with van der Waals surface area (Å²) < 4.78 is 10.9. The van der Waals surface area contributed by atoms with Crippen molar-refractivity contribution in [2.75, 3.05) is 7.11 Å². The molecule has 0 aliphatic heterocycles. The zero-order chi connectivity index (χ0) is 17.9. The van der Waals surface area contributed by atoms with Crippen LogP contribution in [0.4, 0.5) is 0 Å². The van der Waals surface area contributed by atoms with E-state index in [-0.39, 0.29) is 12.0 Å². The highest BCUT2D eigenvalue weighted by molar-refractivity contribution is 5.75. The minimum absolute atomic E-state index is 0.0960. The molecule has 0 bridgehead atoms. The molecular formula is C21H27NO3. The minimum Gasteiger partial charge on any atom is -0.467 e. The predicted octanol–water partition coefficient (Wildman–Crippen LogP) is 3.70. The van der Waals surface area contributed by atoms with Crippen molar-refractivity contribution in [1.29, 1.82) is 0 Å². The number of ether oxygens (including phenoxy) is 2. The summed E-state index contributed by atoms with van der Waals surface area (Å²) in [5, 5.41) is 3.46. The van der Waals surface area contributed by atoms with Gasteiger partial charge in [-0.25, -0.2) is 4.79 Å². The number of esters is 1. The second-order valence-electron chi connectivity index (χ2n) is 6.00. The Morgan fingerprint density at radius 2 is 1.60 bits per heavy atom. The van der Waals surface area contributed by atoms with Gasteiger partial charge >= 0.3 is 5.97 Å². The largest absolute Gasteiger partial charge is 0.467 e. The fraction of sp³-hybridized carbons (Fsp3) is 0.381. The highest BCUT2D eigenvalue weighted by atomic mass is 16.6. The number of rotatable bonds is 10. The van der Waals surface area contributed by atoms with Crippen LogP contribution < -0.4 is 5.32 Å². The summed E-state index contributed by atoms with van der Waals surface area (Å²) in [5.41, 5.74) is 2.21. The van der Waals surface area contributed by atoms with Crippen molar-refractivity contribution in [3.8, 4) is 0 Å². The molecule has 2 aromatic rings. The lowest BCUT2D eigenvalue weighted by atomic mass is 10.0. The first-order chi connectivity index (χ1) is 12.2. The molecule has 4 heteroatoms. The Morgan fingerprint density at radius 3 is 2.16 bits per heavy atom. The van der Waals surface area contributed by atoms with Gasteiger partial charge in [0, 0.05) is 12.6 Å². The van der Waals surface area contributed by atoms with Crippen LogP contribution >= 0.6 is 0 Å². The van der Waals surface area contributed by atoms with E-state index in [9.17, 15) is 4.79 Å². The third-order valence-corrected chi connectivity index (χ3v) is 4.08. The van der Waals surface area contributed by atoms with E-state index in [2.05, 4.69) is 24.4 Å². The van der Waals surface area contributed by atoms with Crippen molar-refractivity contribution in [3.63, 3.8) is 0 Å². The highest BCUT2D eigenvalue weighted by Gasteiger charge is 2.29. The topological polar surface area (TPSA) is 47.6 Å². The molecule has 134 valence electrons. The summed E-state index contributed by atoms with van der Waals surface area (Å²) in [6.07, 6.45) is 1.16. The first-order valence-electron chi connectivity index (χ1n) is 8.75. The highest BCUT2D eigenvalue weighted by Crippen LogP contribution is 2.13. The monoisotopic (exact) mass is 341 g/mol. The van der Waals surface area contributed by atoms with E-state index in [1.165, 1.54) is 12.7 Å². The Kier molecular flexibility index (Phi) is 8.16. The molecule has 0 saturated heterocycles. The predicted molar refractivity (Wildman–Crippen MR) is 99.0 cm³/mol. The number of benzene rings is 2. The maximum absolute atomic E-state index is 12.3. The molecule has 0 spiro atoms. The standard InChI is InChI=1S/C21H27NO3/c1-3-10-19(22-15-17-11-6-4-7-12-17)20(21(23)24-2)25-16-18-13-8-5-9-14-18/h4-9,11-14,19-20,22H,3,10,15-16H2,1-2H3/t19-,20-/m0/s1. The normalized spacial score (nSPS) is 13.2. The molecule has 0 aliphatic rings. The van der Waals surface area contributed by atoms with Crippen LogP contribution in [0.2, 0.25) is 0 Å². The minimum atomic E-state index is -0.631. The van der Waals surface area contributed by atoms with Crippen LogP contribution in [-0.4, -0.2) is 25.2 Å². The van der Waals surface area contributed by atoms with Gasteiger partial charge in [0.2, 0.25) is 0 Å². The fourth-order valence-corrected chi connectivity index (χ4v) is 2.74. The molecule has 0 aliphatic carbocycles. The van der Waals surface area contributed by atoms with Crippen LogP contribution in [-0.2, 0) is 27.4 Å². The van der Waals surface area contributed by atoms with Gasteiger partial charge in [0.25, 0.3) is 0 Å². The van der Waals surface area contributed by atoms with Gasteiger partial charge in [-0.15, -0.1) is 0 Å². The van der Waals surface area contributed by atoms with E-state index in [0.29, 0.717) is 13.2 Å². The van der Waals surface area contributed by atoms with E-state index in [1.807, 2.05) is 48.5 Å². The Hall–Kier alpha value is -2.17. The SMILES string of the molecule is CCC[C@H](NCc1ccccc1)[C@H](OCc1ccccc1)C(=O)OC.